The summed E-state index contributed by atoms with van der Waals surface area (Å²) >= 11 is 0. The van der Waals surface area contributed by atoms with E-state index >= 15 is 0 Å². The average Bonchev–Trinajstić information content (AvgIpc) is 1.90. The maximum absolute atomic E-state index is 3.38. The molecule has 0 saturated heterocycles. The highest BCUT2D eigenvalue weighted by molar-refractivity contribution is 6.23. The van der Waals surface area contributed by atoms with Crippen LogP contribution in [0.25, 0.3) is 0 Å². The molecular weight excluding hydrogens is 100 g/mol. The fourth-order valence-electron chi connectivity index (χ4n) is 0.780. The van der Waals surface area contributed by atoms with Crippen molar-refractivity contribution in [1.82, 2.24) is 0 Å². The van der Waals surface area contributed by atoms with E-state index in [9.17, 15) is 0 Å². The van der Waals surface area contributed by atoms with E-state index in [1.807, 2.05) is 0 Å². The largest absolute Gasteiger partial charge is 0.141 e. The van der Waals surface area contributed by atoms with Gasteiger partial charge in [0.25, 0.3) is 0 Å². The summed E-state index contributed by atoms with van der Waals surface area (Å²) in [5, 5.41) is 0. The van der Waals surface area contributed by atoms with Gasteiger partial charge in [0.05, 0.1) is 0 Å². The molecule has 38 valence electrons. The fourth-order valence-corrected chi connectivity index (χ4v) is 1.74. The summed E-state index contributed by atoms with van der Waals surface area (Å²) in [6, 6.07) is 1.42. The second kappa shape index (κ2) is 3.06. The van der Waals surface area contributed by atoms with Crippen LogP contribution in [0.15, 0.2) is 0 Å². The highest BCUT2D eigenvalue weighted by Gasteiger charge is 1.87. The molecule has 0 radical (unpaired) electrons. The van der Waals surface area contributed by atoms with Gasteiger partial charge in [0.1, 0.15) is 0 Å². The van der Waals surface area contributed by atoms with E-state index in [0.717, 1.165) is 8.96 Å². The number of rotatable bonds is 0. The molecule has 0 bridgehead atoms. The zero-order chi connectivity index (χ0) is 4.95. The highest BCUT2D eigenvalue weighted by Crippen LogP contribution is 2.03. The molecule has 7 heavy (non-hydrogen) atoms. The van der Waals surface area contributed by atoms with Gasteiger partial charge in [0, 0.05) is 6.42 Å². The quantitative estimate of drug-likeness (QED) is 0.416. The van der Waals surface area contributed by atoms with Crippen LogP contribution in [0.4, 0.5) is 0 Å². The maximum Gasteiger partial charge on any atom is 0.00170 e. The maximum atomic E-state index is 3.38. The highest BCUT2D eigenvalue weighted by atomic mass is 28.2. The molecule has 0 nitrogen and oxygen atoms in total. The summed E-state index contributed by atoms with van der Waals surface area (Å²) in [6.07, 6.45) is 5.55. The standard InChI is InChI=1S/C6H10Si/c1-2-4-6-7-5-3-1/h1-5H2. The first-order valence-electron chi connectivity index (χ1n) is 2.96. The molecule has 0 aromatic rings. The molecule has 0 aliphatic carbocycles. The van der Waals surface area contributed by atoms with Gasteiger partial charge in [0.2, 0.25) is 0 Å². The van der Waals surface area contributed by atoms with Crippen molar-refractivity contribution in [3.05, 3.63) is 0 Å². The van der Waals surface area contributed by atoms with Crippen molar-refractivity contribution < 1.29 is 0 Å². The minimum absolute atomic E-state index is 1.04. The van der Waals surface area contributed by atoms with Gasteiger partial charge in [-0.3, -0.25) is 0 Å². The summed E-state index contributed by atoms with van der Waals surface area (Å²) in [5.41, 5.74) is 3.38. The lowest BCUT2D eigenvalue weighted by Crippen LogP contribution is -1.69. The Labute approximate surface area is 47.0 Å². The molecule has 1 heteroatoms. The van der Waals surface area contributed by atoms with Gasteiger partial charge in [-0.2, -0.15) is 0 Å². The van der Waals surface area contributed by atoms with Crippen molar-refractivity contribution in [3.8, 4) is 5.50 Å². The third kappa shape index (κ3) is 1.96. The molecule has 1 rings (SSSR count). The molecule has 1 aliphatic rings. The van der Waals surface area contributed by atoms with Crippen LogP contribution < -0.4 is 0 Å². The third-order valence-corrected chi connectivity index (χ3v) is 2.33. The van der Waals surface area contributed by atoms with Crippen molar-refractivity contribution in [3.63, 3.8) is 0 Å². The van der Waals surface area contributed by atoms with E-state index in [2.05, 4.69) is 5.50 Å². The summed E-state index contributed by atoms with van der Waals surface area (Å²) in [7, 11) is 1.04. The Hall–Kier alpha value is -0.00312. The first kappa shape index (κ1) is 5.14. The van der Waals surface area contributed by atoms with Gasteiger partial charge >= 0.3 is 0 Å². The van der Waals surface area contributed by atoms with E-state index in [4.69, 9.17) is 0 Å². The van der Waals surface area contributed by atoms with E-state index in [-0.39, 0.29) is 0 Å². The fraction of sp³-hybridized carbons (Fsp3) is 0.833. The van der Waals surface area contributed by atoms with E-state index in [0.29, 0.717) is 0 Å². The van der Waals surface area contributed by atoms with Crippen LogP contribution >= 0.6 is 0 Å². The minimum atomic E-state index is 1.04. The summed E-state index contributed by atoms with van der Waals surface area (Å²) in [4.78, 5) is 0. The molecule has 0 N–H and O–H groups in total. The van der Waals surface area contributed by atoms with Gasteiger partial charge in [-0.15, -0.1) is 5.50 Å². The zero-order valence-electron chi connectivity index (χ0n) is 4.54. The molecular formula is C6H10Si. The lowest BCUT2D eigenvalue weighted by molar-refractivity contribution is 0.744. The first-order valence-corrected chi connectivity index (χ1v) is 4.16. The second-order valence-corrected chi connectivity index (χ2v) is 3.12. The number of hydrogen-bond donors (Lipinski definition) is 0. The third-order valence-electron chi connectivity index (χ3n) is 1.23. The van der Waals surface area contributed by atoms with Gasteiger partial charge in [0.15, 0.2) is 0 Å². The van der Waals surface area contributed by atoms with Crippen LogP contribution in [-0.2, 0) is 0 Å². The number of hydrogen-bond acceptors (Lipinski definition) is 0. The summed E-state index contributed by atoms with van der Waals surface area (Å²) < 4.78 is 0. The Morgan fingerprint density at radius 3 is 3.14 bits per heavy atom. The van der Waals surface area contributed by atoms with Crippen LogP contribution in [0.1, 0.15) is 25.7 Å². The Morgan fingerprint density at radius 2 is 2.14 bits per heavy atom. The molecule has 1 aliphatic heterocycles. The SMILES string of the molecule is C1#[Si]CCCCC1. The molecule has 0 unspecified atom stereocenters. The van der Waals surface area contributed by atoms with E-state index < -0.39 is 0 Å². The lowest BCUT2D eigenvalue weighted by atomic mass is 10.2. The minimum Gasteiger partial charge on any atom is -0.141 e. The predicted octanol–water partition coefficient (Wildman–Crippen LogP) is 1.64. The summed E-state index contributed by atoms with van der Waals surface area (Å²) in [5.74, 6) is 0. The van der Waals surface area contributed by atoms with Gasteiger partial charge < -0.3 is 0 Å². The van der Waals surface area contributed by atoms with Crippen molar-refractivity contribution in [1.29, 1.82) is 0 Å². The lowest BCUT2D eigenvalue weighted by Gasteiger charge is -1.86. The van der Waals surface area contributed by atoms with E-state index in [1.54, 1.807) is 0 Å². The van der Waals surface area contributed by atoms with Crippen molar-refractivity contribution in [2.45, 2.75) is 31.7 Å². The van der Waals surface area contributed by atoms with Gasteiger partial charge in [-0.1, -0.05) is 6.42 Å². The van der Waals surface area contributed by atoms with Crippen molar-refractivity contribution >= 4 is 8.96 Å². The van der Waals surface area contributed by atoms with Crippen LogP contribution in [0.3, 0.4) is 0 Å². The molecule has 0 fully saturated rings. The predicted molar refractivity (Wildman–Crippen MR) is 32.9 cm³/mol. The Balaban J connectivity index is 2.26. The Bertz CT molecular complexity index is 86.5. The van der Waals surface area contributed by atoms with Crippen molar-refractivity contribution in [2.24, 2.45) is 0 Å². The molecule has 0 spiro atoms. The molecule has 1 heterocycles. The molecule has 0 aromatic heterocycles. The van der Waals surface area contributed by atoms with Gasteiger partial charge in [-0.05, 0) is 27.8 Å². The molecule has 0 saturated carbocycles. The normalized spacial score (nSPS) is 19.4. The molecule has 0 atom stereocenters. The second-order valence-electron chi connectivity index (χ2n) is 1.91. The Kier molecular flexibility index (Phi) is 2.25. The van der Waals surface area contributed by atoms with Crippen LogP contribution in [0.5, 0.6) is 0 Å². The summed E-state index contributed by atoms with van der Waals surface area (Å²) in [6.45, 7) is 0. The molecule has 0 amide bonds. The van der Waals surface area contributed by atoms with E-state index in [1.165, 1.54) is 31.7 Å². The smallest absolute Gasteiger partial charge is 0.00170 e. The van der Waals surface area contributed by atoms with Crippen LogP contribution in [-0.4, -0.2) is 8.96 Å². The van der Waals surface area contributed by atoms with Crippen LogP contribution in [0.2, 0.25) is 6.04 Å². The van der Waals surface area contributed by atoms with Gasteiger partial charge in [-0.25, -0.2) is 0 Å². The average molecular weight is 110 g/mol. The zero-order valence-corrected chi connectivity index (χ0v) is 5.54. The first-order chi connectivity index (χ1) is 3.50. The van der Waals surface area contributed by atoms with Crippen LogP contribution in [0, 0.1) is 5.50 Å². The Morgan fingerprint density at radius 1 is 1.14 bits per heavy atom. The molecule has 0 aromatic carbocycles. The monoisotopic (exact) mass is 110 g/mol. The van der Waals surface area contributed by atoms with Crippen molar-refractivity contribution in [2.75, 3.05) is 0 Å². The topological polar surface area (TPSA) is 0 Å².